The van der Waals surface area contributed by atoms with E-state index >= 15 is 0 Å². The zero-order chi connectivity index (χ0) is 14.4. The highest BCUT2D eigenvalue weighted by Gasteiger charge is 2.18. The third-order valence-electron chi connectivity index (χ3n) is 2.83. The molecule has 5 nitrogen and oxygen atoms in total. The van der Waals surface area contributed by atoms with E-state index in [1.165, 1.54) is 0 Å². The molecule has 1 aromatic carbocycles. The number of primary amides is 1. The van der Waals surface area contributed by atoms with Crippen LogP contribution in [0.25, 0.3) is 0 Å². The highest BCUT2D eigenvalue weighted by molar-refractivity contribution is 6.30. The van der Waals surface area contributed by atoms with Crippen molar-refractivity contribution >= 4 is 17.5 Å². The number of rotatable bonds is 7. The van der Waals surface area contributed by atoms with Crippen LogP contribution in [-0.4, -0.2) is 48.3 Å². The lowest BCUT2D eigenvalue weighted by Crippen LogP contribution is -2.44. The average Bonchev–Trinajstić information content (AvgIpc) is 2.37. The van der Waals surface area contributed by atoms with Gasteiger partial charge in [0.2, 0.25) is 5.91 Å². The van der Waals surface area contributed by atoms with Crippen molar-refractivity contribution in [3.63, 3.8) is 0 Å². The summed E-state index contributed by atoms with van der Waals surface area (Å²) < 4.78 is 5.41. The largest absolute Gasteiger partial charge is 0.491 e. The number of aliphatic hydroxyl groups excluding tert-OH is 1. The maximum atomic E-state index is 11.0. The minimum atomic E-state index is -0.706. The number of carbonyl (C=O) groups excluding carboxylic acids is 1. The molecule has 0 fully saturated rings. The van der Waals surface area contributed by atoms with Gasteiger partial charge in [-0.25, -0.2) is 0 Å². The molecule has 0 radical (unpaired) electrons. The third kappa shape index (κ3) is 5.46. The summed E-state index contributed by atoms with van der Waals surface area (Å²) in [6.45, 7) is 2.13. The summed E-state index contributed by atoms with van der Waals surface area (Å²) in [5.74, 6) is 0.211. The molecule has 1 unspecified atom stereocenters. The molecule has 1 amide bonds. The lowest BCUT2D eigenvalue weighted by molar-refractivity contribution is -0.122. The standard InChI is InChI=1S/C13H19ClN2O3/c1-9(13(15)18)16(2)7-11(17)8-19-12-5-3-10(14)4-6-12/h3-6,9,11,17H,7-8H2,1-2H3,(H2,15,18)/t9-,11?/m1/s1. The van der Waals surface area contributed by atoms with Crippen LogP contribution >= 0.6 is 11.6 Å². The number of ether oxygens (including phenoxy) is 1. The lowest BCUT2D eigenvalue weighted by Gasteiger charge is -2.24. The van der Waals surface area contributed by atoms with Gasteiger partial charge in [-0.1, -0.05) is 11.6 Å². The van der Waals surface area contributed by atoms with Gasteiger partial charge in [0.25, 0.3) is 0 Å². The Balaban J connectivity index is 2.37. The second-order valence-corrected chi connectivity index (χ2v) is 4.87. The van der Waals surface area contributed by atoms with Crippen LogP contribution in [0.15, 0.2) is 24.3 Å². The fourth-order valence-corrected chi connectivity index (χ4v) is 1.61. The molecule has 0 bridgehead atoms. The zero-order valence-electron chi connectivity index (χ0n) is 11.0. The van der Waals surface area contributed by atoms with E-state index in [0.717, 1.165) is 0 Å². The fraction of sp³-hybridized carbons (Fsp3) is 0.462. The Labute approximate surface area is 117 Å². The first-order valence-electron chi connectivity index (χ1n) is 5.96. The third-order valence-corrected chi connectivity index (χ3v) is 3.08. The van der Waals surface area contributed by atoms with Gasteiger partial charge in [0.05, 0.1) is 6.04 Å². The molecule has 0 aliphatic heterocycles. The summed E-state index contributed by atoms with van der Waals surface area (Å²) in [7, 11) is 1.72. The topological polar surface area (TPSA) is 75.8 Å². The second kappa shape index (κ2) is 7.33. The molecule has 0 aliphatic rings. The summed E-state index contributed by atoms with van der Waals surface area (Å²) in [5, 5.41) is 10.4. The number of benzene rings is 1. The van der Waals surface area contributed by atoms with Gasteiger partial charge < -0.3 is 15.6 Å². The first-order valence-corrected chi connectivity index (χ1v) is 6.34. The molecular weight excluding hydrogens is 268 g/mol. The van der Waals surface area contributed by atoms with Gasteiger partial charge in [-0.05, 0) is 38.2 Å². The molecule has 2 atom stereocenters. The van der Waals surface area contributed by atoms with Crippen LogP contribution < -0.4 is 10.5 Å². The minimum Gasteiger partial charge on any atom is -0.491 e. The van der Waals surface area contributed by atoms with E-state index < -0.39 is 18.1 Å². The van der Waals surface area contributed by atoms with Crippen LogP contribution in [-0.2, 0) is 4.79 Å². The van der Waals surface area contributed by atoms with Gasteiger partial charge >= 0.3 is 0 Å². The molecule has 0 heterocycles. The van der Waals surface area contributed by atoms with Gasteiger partial charge in [-0.2, -0.15) is 0 Å². The lowest BCUT2D eigenvalue weighted by atomic mass is 10.2. The number of carbonyl (C=O) groups is 1. The normalized spacial score (nSPS) is 14.2. The Morgan fingerprint density at radius 2 is 2.05 bits per heavy atom. The molecule has 0 aliphatic carbocycles. The van der Waals surface area contributed by atoms with E-state index in [4.69, 9.17) is 22.1 Å². The summed E-state index contributed by atoms with van der Waals surface area (Å²) in [5.41, 5.74) is 5.19. The van der Waals surface area contributed by atoms with Crippen LogP contribution in [0.3, 0.4) is 0 Å². The maximum Gasteiger partial charge on any atom is 0.234 e. The molecule has 0 aromatic heterocycles. The van der Waals surface area contributed by atoms with E-state index in [-0.39, 0.29) is 6.61 Å². The summed E-state index contributed by atoms with van der Waals surface area (Å²) >= 11 is 5.75. The summed E-state index contributed by atoms with van der Waals surface area (Å²) in [6, 6.07) is 6.45. The molecule has 6 heteroatoms. The molecule has 19 heavy (non-hydrogen) atoms. The Hall–Kier alpha value is -1.30. The Bertz CT molecular complexity index is 411. The van der Waals surface area contributed by atoms with Crippen LogP contribution in [0.2, 0.25) is 5.02 Å². The minimum absolute atomic E-state index is 0.136. The number of aliphatic hydroxyl groups is 1. The Morgan fingerprint density at radius 3 is 2.58 bits per heavy atom. The molecule has 106 valence electrons. The van der Waals surface area contributed by atoms with Crippen molar-refractivity contribution < 1.29 is 14.6 Å². The van der Waals surface area contributed by atoms with Crippen molar-refractivity contribution in [3.8, 4) is 5.75 Å². The van der Waals surface area contributed by atoms with Gasteiger partial charge in [0.15, 0.2) is 0 Å². The van der Waals surface area contributed by atoms with Gasteiger partial charge in [0, 0.05) is 11.6 Å². The summed E-state index contributed by atoms with van der Waals surface area (Å²) in [4.78, 5) is 12.7. The predicted molar refractivity (Wildman–Crippen MR) is 74.2 cm³/mol. The first-order chi connectivity index (χ1) is 8.90. The number of nitrogens with zero attached hydrogens (tertiary/aromatic N) is 1. The van der Waals surface area contributed by atoms with E-state index in [1.807, 2.05) is 0 Å². The van der Waals surface area contributed by atoms with Gasteiger partial charge in [0.1, 0.15) is 18.5 Å². The predicted octanol–water partition coefficient (Wildman–Crippen LogP) is 0.885. The van der Waals surface area contributed by atoms with E-state index in [1.54, 1.807) is 43.1 Å². The van der Waals surface area contributed by atoms with Gasteiger partial charge in [-0.15, -0.1) is 0 Å². The molecule has 0 saturated heterocycles. The van der Waals surface area contributed by atoms with Crippen LogP contribution in [0.1, 0.15) is 6.92 Å². The molecule has 0 spiro atoms. The number of nitrogens with two attached hydrogens (primary N) is 1. The van der Waals surface area contributed by atoms with Crippen molar-refractivity contribution in [1.82, 2.24) is 4.90 Å². The van der Waals surface area contributed by atoms with Crippen molar-refractivity contribution in [2.24, 2.45) is 5.73 Å². The number of hydrogen-bond acceptors (Lipinski definition) is 4. The fourth-order valence-electron chi connectivity index (χ4n) is 1.48. The molecule has 1 rings (SSSR count). The van der Waals surface area contributed by atoms with Crippen LogP contribution in [0.4, 0.5) is 0 Å². The van der Waals surface area contributed by atoms with E-state index in [0.29, 0.717) is 17.3 Å². The second-order valence-electron chi connectivity index (χ2n) is 4.44. The Kier molecular flexibility index (Phi) is 6.08. The molecule has 0 saturated carbocycles. The maximum absolute atomic E-state index is 11.0. The van der Waals surface area contributed by atoms with E-state index in [9.17, 15) is 9.90 Å². The zero-order valence-corrected chi connectivity index (χ0v) is 11.8. The smallest absolute Gasteiger partial charge is 0.234 e. The molecule has 3 N–H and O–H groups in total. The highest BCUT2D eigenvalue weighted by atomic mass is 35.5. The van der Waals surface area contributed by atoms with Crippen LogP contribution in [0, 0.1) is 0 Å². The van der Waals surface area contributed by atoms with Crippen molar-refractivity contribution in [3.05, 3.63) is 29.3 Å². The number of halogens is 1. The van der Waals surface area contributed by atoms with Crippen molar-refractivity contribution in [2.75, 3.05) is 20.2 Å². The monoisotopic (exact) mass is 286 g/mol. The van der Waals surface area contributed by atoms with Gasteiger partial charge in [-0.3, -0.25) is 9.69 Å². The summed E-state index contributed by atoms with van der Waals surface area (Å²) in [6.07, 6.45) is -0.706. The molecule has 1 aromatic rings. The van der Waals surface area contributed by atoms with E-state index in [2.05, 4.69) is 0 Å². The Morgan fingerprint density at radius 1 is 1.47 bits per heavy atom. The van der Waals surface area contributed by atoms with Crippen molar-refractivity contribution in [2.45, 2.75) is 19.1 Å². The average molecular weight is 287 g/mol. The number of amides is 1. The quantitative estimate of drug-likeness (QED) is 0.780. The highest BCUT2D eigenvalue weighted by Crippen LogP contribution is 2.15. The molecular formula is C13H19ClN2O3. The first kappa shape index (κ1) is 15.8. The SMILES string of the molecule is C[C@H](C(N)=O)N(C)CC(O)COc1ccc(Cl)cc1. The number of hydrogen-bond donors (Lipinski definition) is 2. The van der Waals surface area contributed by atoms with Crippen LogP contribution in [0.5, 0.6) is 5.75 Å². The number of likely N-dealkylation sites (N-methyl/N-ethyl adjacent to an activating group) is 1. The van der Waals surface area contributed by atoms with Crippen molar-refractivity contribution in [1.29, 1.82) is 0 Å².